The molecule has 1 unspecified atom stereocenters. The molecule has 0 aliphatic carbocycles. The Bertz CT molecular complexity index is 370. The molecule has 0 saturated carbocycles. The molecule has 0 bridgehead atoms. The first kappa shape index (κ1) is 13.3. The number of rotatable bonds is 4. The monoisotopic (exact) mass is 247 g/mol. The lowest BCUT2D eigenvalue weighted by molar-refractivity contribution is 0.314. The lowest BCUT2D eigenvalue weighted by atomic mass is 9.90. The van der Waals surface area contributed by atoms with Crippen molar-refractivity contribution in [1.82, 2.24) is 10.3 Å². The van der Waals surface area contributed by atoms with Crippen molar-refractivity contribution in [2.24, 2.45) is 5.92 Å². The number of pyridine rings is 1. The Kier molecular flexibility index (Phi) is 4.59. The Hall–Kier alpha value is -1.09. The number of piperidine rings is 1. The molecule has 2 rings (SSSR count). The Morgan fingerprint density at radius 2 is 2.17 bits per heavy atom. The third-order valence-electron chi connectivity index (χ3n) is 4.00. The SMILES string of the molecule is CCNC(C)C1CCN(c2cc(C)ccn2)CC1. The summed E-state index contributed by atoms with van der Waals surface area (Å²) in [5, 5.41) is 3.54. The maximum Gasteiger partial charge on any atom is 0.128 e. The smallest absolute Gasteiger partial charge is 0.128 e. The number of aryl methyl sites for hydroxylation is 1. The van der Waals surface area contributed by atoms with Crippen LogP contribution in [-0.2, 0) is 0 Å². The van der Waals surface area contributed by atoms with Crippen LogP contribution in [0, 0.1) is 12.8 Å². The highest BCUT2D eigenvalue weighted by atomic mass is 15.2. The van der Waals surface area contributed by atoms with Gasteiger partial charge in [-0.15, -0.1) is 0 Å². The van der Waals surface area contributed by atoms with Crippen LogP contribution in [0.1, 0.15) is 32.3 Å². The zero-order valence-corrected chi connectivity index (χ0v) is 11.8. The molecule has 1 fully saturated rings. The van der Waals surface area contributed by atoms with Crippen LogP contribution in [0.2, 0.25) is 0 Å². The molecule has 3 heteroatoms. The number of hydrogen-bond donors (Lipinski definition) is 1. The van der Waals surface area contributed by atoms with Gasteiger partial charge in [0.1, 0.15) is 5.82 Å². The van der Waals surface area contributed by atoms with Crippen molar-refractivity contribution in [2.45, 2.75) is 39.7 Å². The second kappa shape index (κ2) is 6.19. The number of aromatic nitrogens is 1. The second-order valence-corrected chi connectivity index (χ2v) is 5.36. The van der Waals surface area contributed by atoms with Crippen LogP contribution in [-0.4, -0.2) is 30.7 Å². The van der Waals surface area contributed by atoms with Crippen LogP contribution < -0.4 is 10.2 Å². The van der Waals surface area contributed by atoms with Gasteiger partial charge in [0, 0.05) is 25.3 Å². The van der Waals surface area contributed by atoms with Crippen LogP contribution in [0.25, 0.3) is 0 Å². The molecule has 1 atom stereocenters. The summed E-state index contributed by atoms with van der Waals surface area (Å²) in [6.07, 6.45) is 4.45. The van der Waals surface area contributed by atoms with E-state index in [1.807, 2.05) is 6.20 Å². The molecular weight excluding hydrogens is 222 g/mol. The Morgan fingerprint density at radius 1 is 1.44 bits per heavy atom. The summed E-state index contributed by atoms with van der Waals surface area (Å²) in [5.41, 5.74) is 1.29. The van der Waals surface area contributed by atoms with Gasteiger partial charge in [-0.05, 0) is 56.8 Å². The second-order valence-electron chi connectivity index (χ2n) is 5.36. The van der Waals surface area contributed by atoms with E-state index in [9.17, 15) is 0 Å². The van der Waals surface area contributed by atoms with Crippen LogP contribution in [0.5, 0.6) is 0 Å². The Labute approximate surface area is 111 Å². The van der Waals surface area contributed by atoms with Gasteiger partial charge in [0.15, 0.2) is 0 Å². The van der Waals surface area contributed by atoms with Gasteiger partial charge in [-0.3, -0.25) is 0 Å². The summed E-state index contributed by atoms with van der Waals surface area (Å²) >= 11 is 0. The van der Waals surface area contributed by atoms with Crippen molar-refractivity contribution in [3.05, 3.63) is 23.9 Å². The van der Waals surface area contributed by atoms with E-state index in [4.69, 9.17) is 0 Å². The molecular formula is C15H25N3. The first-order valence-electron chi connectivity index (χ1n) is 7.11. The summed E-state index contributed by atoms with van der Waals surface area (Å²) in [7, 11) is 0. The molecule has 2 heterocycles. The van der Waals surface area contributed by atoms with Crippen LogP contribution in [0.3, 0.4) is 0 Å². The summed E-state index contributed by atoms with van der Waals surface area (Å²) in [4.78, 5) is 6.90. The standard InChI is InChI=1S/C15H25N3/c1-4-16-13(3)14-6-9-18(10-7-14)15-11-12(2)5-8-17-15/h5,8,11,13-14,16H,4,6-7,9-10H2,1-3H3. The molecule has 0 aromatic carbocycles. The number of nitrogens with one attached hydrogen (secondary N) is 1. The van der Waals surface area contributed by atoms with Gasteiger partial charge in [0.2, 0.25) is 0 Å². The third-order valence-corrected chi connectivity index (χ3v) is 4.00. The summed E-state index contributed by atoms with van der Waals surface area (Å²) in [5.74, 6) is 1.95. The maximum atomic E-state index is 4.48. The van der Waals surface area contributed by atoms with Crippen molar-refractivity contribution >= 4 is 5.82 Å². The van der Waals surface area contributed by atoms with Gasteiger partial charge < -0.3 is 10.2 Å². The average Bonchev–Trinajstić information content (AvgIpc) is 2.39. The Morgan fingerprint density at radius 3 is 2.78 bits per heavy atom. The molecule has 0 spiro atoms. The minimum Gasteiger partial charge on any atom is -0.357 e. The molecule has 0 amide bonds. The van der Waals surface area contributed by atoms with E-state index in [1.165, 1.54) is 18.4 Å². The van der Waals surface area contributed by atoms with Crippen LogP contribution in [0.15, 0.2) is 18.3 Å². The normalized spacial score (nSPS) is 18.9. The van der Waals surface area contributed by atoms with Gasteiger partial charge in [-0.25, -0.2) is 4.98 Å². The molecule has 1 aliphatic rings. The Balaban J connectivity index is 1.90. The fourth-order valence-corrected chi connectivity index (χ4v) is 2.81. The van der Waals surface area contributed by atoms with Crippen molar-refractivity contribution < 1.29 is 0 Å². The molecule has 3 nitrogen and oxygen atoms in total. The number of anilines is 1. The van der Waals surface area contributed by atoms with E-state index in [-0.39, 0.29) is 0 Å². The van der Waals surface area contributed by atoms with Crippen molar-refractivity contribution in [3.8, 4) is 0 Å². The van der Waals surface area contributed by atoms with E-state index in [0.717, 1.165) is 31.4 Å². The van der Waals surface area contributed by atoms with Crippen LogP contribution in [0.4, 0.5) is 5.82 Å². The predicted octanol–water partition coefficient (Wildman–Crippen LogP) is 2.60. The van der Waals surface area contributed by atoms with Crippen molar-refractivity contribution in [2.75, 3.05) is 24.5 Å². The quantitative estimate of drug-likeness (QED) is 0.886. The zero-order valence-electron chi connectivity index (χ0n) is 11.8. The van der Waals surface area contributed by atoms with E-state index in [1.54, 1.807) is 0 Å². The average molecular weight is 247 g/mol. The van der Waals surface area contributed by atoms with Gasteiger partial charge in [0.05, 0.1) is 0 Å². The van der Waals surface area contributed by atoms with E-state index in [2.05, 4.69) is 48.1 Å². The number of hydrogen-bond acceptors (Lipinski definition) is 3. The zero-order chi connectivity index (χ0) is 13.0. The summed E-state index contributed by atoms with van der Waals surface area (Å²) in [6.45, 7) is 9.97. The van der Waals surface area contributed by atoms with Gasteiger partial charge >= 0.3 is 0 Å². The van der Waals surface area contributed by atoms with E-state index < -0.39 is 0 Å². The van der Waals surface area contributed by atoms with Gasteiger partial charge in [0.25, 0.3) is 0 Å². The molecule has 1 aromatic rings. The fourth-order valence-electron chi connectivity index (χ4n) is 2.81. The minimum atomic E-state index is 0.641. The summed E-state index contributed by atoms with van der Waals surface area (Å²) in [6, 6.07) is 4.89. The maximum absolute atomic E-state index is 4.48. The molecule has 1 N–H and O–H groups in total. The number of nitrogens with zero attached hydrogens (tertiary/aromatic N) is 2. The predicted molar refractivity (Wildman–Crippen MR) is 77.0 cm³/mol. The first-order chi connectivity index (χ1) is 8.70. The molecule has 1 aliphatic heterocycles. The molecule has 0 radical (unpaired) electrons. The lowest BCUT2D eigenvalue weighted by Crippen LogP contribution is -2.42. The molecule has 1 aromatic heterocycles. The lowest BCUT2D eigenvalue weighted by Gasteiger charge is -2.35. The highest BCUT2D eigenvalue weighted by Gasteiger charge is 2.23. The first-order valence-corrected chi connectivity index (χ1v) is 7.11. The fraction of sp³-hybridized carbons (Fsp3) is 0.667. The van der Waals surface area contributed by atoms with Gasteiger partial charge in [-0.2, -0.15) is 0 Å². The highest BCUT2D eigenvalue weighted by Crippen LogP contribution is 2.24. The molecule has 100 valence electrons. The van der Waals surface area contributed by atoms with Crippen LogP contribution >= 0.6 is 0 Å². The van der Waals surface area contributed by atoms with E-state index >= 15 is 0 Å². The largest absolute Gasteiger partial charge is 0.357 e. The van der Waals surface area contributed by atoms with Gasteiger partial charge in [-0.1, -0.05) is 6.92 Å². The van der Waals surface area contributed by atoms with Crippen molar-refractivity contribution in [3.63, 3.8) is 0 Å². The molecule has 18 heavy (non-hydrogen) atoms. The molecule has 1 saturated heterocycles. The third kappa shape index (κ3) is 3.22. The van der Waals surface area contributed by atoms with E-state index in [0.29, 0.717) is 6.04 Å². The highest BCUT2D eigenvalue weighted by molar-refractivity contribution is 5.40. The summed E-state index contributed by atoms with van der Waals surface area (Å²) < 4.78 is 0. The van der Waals surface area contributed by atoms with Crippen molar-refractivity contribution in [1.29, 1.82) is 0 Å². The minimum absolute atomic E-state index is 0.641. The topological polar surface area (TPSA) is 28.2 Å².